The maximum atomic E-state index is 6.72. The molecule has 0 radical (unpaired) electrons. The second kappa shape index (κ2) is 20.9. The minimum Gasteiger partial charge on any atom is -0.486 e. The summed E-state index contributed by atoms with van der Waals surface area (Å²) in [6.07, 6.45) is -0.143. The van der Waals surface area contributed by atoms with E-state index in [2.05, 4.69) is 275 Å². The van der Waals surface area contributed by atoms with Crippen LogP contribution in [0.1, 0.15) is 70.3 Å². The van der Waals surface area contributed by atoms with E-state index < -0.39 is 0 Å². The minimum absolute atomic E-state index is 0.123. The van der Waals surface area contributed by atoms with E-state index in [4.69, 9.17) is 13.6 Å². The van der Waals surface area contributed by atoms with Gasteiger partial charge in [-0.2, -0.15) is 0 Å². The molecule has 0 amide bonds. The summed E-state index contributed by atoms with van der Waals surface area (Å²) in [7, 11) is 0. The Morgan fingerprint density at radius 2 is 0.977 bits per heavy atom. The Morgan fingerprint density at radius 3 is 1.65 bits per heavy atom. The molecular formula is C81H64BN3O3. The summed E-state index contributed by atoms with van der Waals surface area (Å²) >= 11 is 0. The molecule has 2 aromatic heterocycles. The molecule has 4 heterocycles. The topological polar surface area (TPSA) is 45.2 Å². The Morgan fingerprint density at radius 1 is 0.420 bits per heavy atom. The van der Waals surface area contributed by atoms with Crippen molar-refractivity contribution in [2.45, 2.75) is 59.0 Å². The molecule has 0 aliphatic carbocycles. The summed E-state index contributed by atoms with van der Waals surface area (Å²) < 4.78 is 19.7. The van der Waals surface area contributed by atoms with Gasteiger partial charge in [0.25, 0.3) is 6.71 Å². The number of fused-ring (bicyclic) bond motifs is 8. The predicted octanol–water partition coefficient (Wildman–Crippen LogP) is 20.9. The molecule has 0 saturated carbocycles. The molecule has 2 aliphatic heterocycles. The van der Waals surface area contributed by atoms with Crippen LogP contribution in [0, 0.1) is 0 Å². The van der Waals surface area contributed by atoms with Gasteiger partial charge in [-0.1, -0.05) is 174 Å². The van der Waals surface area contributed by atoms with Crippen molar-refractivity contribution in [3.8, 4) is 28.4 Å². The molecule has 7 heteroatoms. The summed E-state index contributed by atoms with van der Waals surface area (Å²) in [5.41, 5.74) is 20.8. The zero-order chi connectivity index (χ0) is 59.4. The van der Waals surface area contributed by atoms with Gasteiger partial charge in [-0.15, -0.1) is 0 Å². The van der Waals surface area contributed by atoms with Crippen molar-refractivity contribution >= 4 is 118 Å². The van der Waals surface area contributed by atoms with Crippen LogP contribution in [0.25, 0.3) is 66.1 Å². The lowest BCUT2D eigenvalue weighted by molar-refractivity contribution is 0.227. The molecule has 6 nitrogen and oxygen atoms in total. The van der Waals surface area contributed by atoms with Crippen LogP contribution >= 0.6 is 0 Å². The number of hydrogen-bond donors (Lipinski definition) is 0. The summed E-state index contributed by atoms with van der Waals surface area (Å²) in [5.74, 6) is 2.89. The van der Waals surface area contributed by atoms with Crippen molar-refractivity contribution in [2.24, 2.45) is 0 Å². The smallest absolute Gasteiger partial charge is 0.252 e. The molecule has 0 fully saturated rings. The standard InChI is InChI=1S/C81H64BN3O3/c1-51(2)53-29-36-63(37-30-53)85-73-42-35-62(81(4,5)6)48-70(73)82-69-45-61(79-47-60-19-12-15-26-77(60)88-79)34-41-72(69)84(64-38-31-55(32-39-64)78-46-59-18-11-14-25-76(59)87-78)74-49-66(50-75(85)80(74)82)83(71-24-16-20-54-17-10-13-23-68(54)71)65-40-33-57-43-56(27-28-58(57)44-65)52(3)86-67-21-8-7-9-22-67/h7-52H,1-6H3/t52-/m1/s1. The Hall–Kier alpha value is -10.5. The monoisotopic (exact) mass is 1140 g/mol. The largest absolute Gasteiger partial charge is 0.486 e. The zero-order valence-electron chi connectivity index (χ0n) is 50.2. The summed E-state index contributed by atoms with van der Waals surface area (Å²) in [5, 5.41) is 6.75. The molecule has 88 heavy (non-hydrogen) atoms. The molecule has 424 valence electrons. The third-order valence-corrected chi connectivity index (χ3v) is 18.2. The molecule has 0 unspecified atom stereocenters. The van der Waals surface area contributed by atoms with E-state index in [1.807, 2.05) is 48.5 Å². The molecule has 1 atom stereocenters. The number of furan rings is 2. The first-order valence-electron chi connectivity index (χ1n) is 30.7. The fraction of sp³-hybridized carbons (Fsp3) is 0.111. The van der Waals surface area contributed by atoms with E-state index in [0.717, 1.165) is 129 Å². The second-order valence-electron chi connectivity index (χ2n) is 25.1. The van der Waals surface area contributed by atoms with Crippen LogP contribution in [0.4, 0.5) is 51.2 Å². The van der Waals surface area contributed by atoms with E-state index in [9.17, 15) is 0 Å². The number of hydrogen-bond acceptors (Lipinski definition) is 6. The van der Waals surface area contributed by atoms with Gasteiger partial charge in [-0.25, -0.2) is 0 Å². The third-order valence-electron chi connectivity index (χ3n) is 18.2. The van der Waals surface area contributed by atoms with Crippen molar-refractivity contribution in [3.05, 3.63) is 284 Å². The molecule has 0 spiro atoms. The van der Waals surface area contributed by atoms with Crippen LogP contribution in [0.15, 0.2) is 276 Å². The number of nitrogens with zero attached hydrogens (tertiary/aromatic N) is 3. The highest BCUT2D eigenvalue weighted by Gasteiger charge is 2.45. The lowest BCUT2D eigenvalue weighted by Gasteiger charge is -2.45. The van der Waals surface area contributed by atoms with Crippen LogP contribution < -0.4 is 35.8 Å². The average molecular weight is 1140 g/mol. The van der Waals surface area contributed by atoms with Crippen molar-refractivity contribution in [2.75, 3.05) is 14.7 Å². The zero-order valence-corrected chi connectivity index (χ0v) is 50.2. The molecule has 0 bridgehead atoms. The number of para-hydroxylation sites is 3. The van der Waals surface area contributed by atoms with Crippen LogP contribution in [0.5, 0.6) is 5.75 Å². The Bertz CT molecular complexity index is 4950. The van der Waals surface area contributed by atoms with Gasteiger partial charge in [0, 0.05) is 67.1 Å². The van der Waals surface area contributed by atoms with Gasteiger partial charge < -0.3 is 28.3 Å². The van der Waals surface area contributed by atoms with Crippen LogP contribution in [0.3, 0.4) is 0 Å². The highest BCUT2D eigenvalue weighted by Crippen LogP contribution is 2.50. The Balaban J connectivity index is 0.968. The lowest BCUT2D eigenvalue weighted by Crippen LogP contribution is -2.61. The van der Waals surface area contributed by atoms with Crippen molar-refractivity contribution < 1.29 is 13.6 Å². The van der Waals surface area contributed by atoms with Gasteiger partial charge in [-0.05, 0) is 195 Å². The number of benzene rings is 12. The van der Waals surface area contributed by atoms with Gasteiger partial charge in [0.05, 0.1) is 11.4 Å². The van der Waals surface area contributed by atoms with Crippen molar-refractivity contribution in [1.29, 1.82) is 0 Å². The van der Waals surface area contributed by atoms with Crippen LogP contribution in [-0.4, -0.2) is 6.71 Å². The summed E-state index contributed by atoms with van der Waals surface area (Å²) in [6.45, 7) is 13.5. The van der Waals surface area contributed by atoms with Gasteiger partial charge in [0.15, 0.2) is 0 Å². The van der Waals surface area contributed by atoms with Crippen LogP contribution in [0.2, 0.25) is 0 Å². The number of rotatable bonds is 11. The highest BCUT2D eigenvalue weighted by atomic mass is 16.5. The Kier molecular flexibility index (Phi) is 12.6. The van der Waals surface area contributed by atoms with E-state index in [1.165, 1.54) is 27.5 Å². The first-order valence-corrected chi connectivity index (χ1v) is 30.7. The second-order valence-corrected chi connectivity index (χ2v) is 25.1. The molecule has 16 rings (SSSR count). The third kappa shape index (κ3) is 9.11. The number of ether oxygens (including phenoxy) is 1. The first-order chi connectivity index (χ1) is 42.9. The SMILES string of the molecule is CC(C)c1ccc(N2c3ccc(C(C)(C)C)cc3B3c4cc(-c5cc6ccccc6o5)ccc4N(c4ccc(-c5cc6ccccc6o5)cc4)c4cc(N(c5ccc6cc([C@@H](C)Oc7ccccc7)ccc6c5)c5cccc6ccccc56)cc2c43)cc1. The fourth-order valence-corrected chi connectivity index (χ4v) is 13.6. The molecular weight excluding hydrogens is 1070 g/mol. The molecule has 12 aromatic carbocycles. The van der Waals surface area contributed by atoms with Gasteiger partial charge in [0.1, 0.15) is 34.5 Å². The van der Waals surface area contributed by atoms with E-state index in [1.54, 1.807) is 0 Å². The summed E-state index contributed by atoms with van der Waals surface area (Å²) in [4.78, 5) is 7.55. The lowest BCUT2D eigenvalue weighted by atomic mass is 9.33. The maximum absolute atomic E-state index is 6.72. The number of anilines is 9. The quantitative estimate of drug-likeness (QED) is 0.120. The summed E-state index contributed by atoms with van der Waals surface area (Å²) in [6, 6.07) is 97.5. The highest BCUT2D eigenvalue weighted by molar-refractivity contribution is 7.00. The van der Waals surface area contributed by atoms with Gasteiger partial charge >= 0.3 is 0 Å². The van der Waals surface area contributed by atoms with Crippen LogP contribution in [-0.2, 0) is 5.41 Å². The minimum atomic E-state index is -0.179. The average Bonchev–Trinajstić information content (AvgIpc) is 0.759. The van der Waals surface area contributed by atoms with E-state index in [0.29, 0.717) is 5.92 Å². The predicted molar refractivity (Wildman–Crippen MR) is 369 cm³/mol. The van der Waals surface area contributed by atoms with E-state index in [-0.39, 0.29) is 18.2 Å². The molecule has 2 aliphatic rings. The maximum Gasteiger partial charge on any atom is 0.252 e. The molecule has 0 N–H and O–H groups in total. The first kappa shape index (κ1) is 53.0. The normalized spacial score (nSPS) is 13.1. The van der Waals surface area contributed by atoms with Crippen molar-refractivity contribution in [1.82, 2.24) is 0 Å². The van der Waals surface area contributed by atoms with E-state index >= 15 is 0 Å². The molecule has 14 aromatic rings. The Labute approximate surface area is 514 Å². The molecule has 0 saturated heterocycles. The van der Waals surface area contributed by atoms with Crippen molar-refractivity contribution in [3.63, 3.8) is 0 Å². The van der Waals surface area contributed by atoms with Gasteiger partial charge in [-0.3, -0.25) is 0 Å². The fourth-order valence-electron chi connectivity index (χ4n) is 13.6. The van der Waals surface area contributed by atoms with Gasteiger partial charge in [0.2, 0.25) is 0 Å².